The van der Waals surface area contributed by atoms with Crippen LogP contribution in [0, 0.1) is 11.8 Å². The summed E-state index contributed by atoms with van der Waals surface area (Å²) in [4.78, 5) is 28.9. The van der Waals surface area contributed by atoms with E-state index in [2.05, 4.69) is 0 Å². The normalized spacial score (nSPS) is 20.5. The van der Waals surface area contributed by atoms with Crippen LogP contribution in [0.2, 0.25) is 0 Å². The molecule has 2 saturated heterocycles. The fraction of sp³-hybridized carbons (Fsp3) is 0.619. The smallest absolute Gasteiger partial charge is 0.254 e. The monoisotopic (exact) mass is 390 g/mol. The standard InChI is InChI=1S/C21H30N2O5/c1-26-14-16-8-20(24)23(13-16)12-15-4-6-22(7-5-15)21(25)17-9-18(27-2)11-19(10-17)28-3/h9-11,15-16H,4-8,12-14H2,1-3H3. The zero-order chi connectivity index (χ0) is 20.1. The maximum absolute atomic E-state index is 12.9. The van der Waals surface area contributed by atoms with E-state index in [-0.39, 0.29) is 11.8 Å². The number of hydrogen-bond donors (Lipinski definition) is 0. The van der Waals surface area contributed by atoms with E-state index >= 15 is 0 Å². The molecule has 1 atom stereocenters. The SMILES string of the molecule is COCC1CC(=O)N(CC2CCN(C(=O)c3cc(OC)cc(OC)c3)CC2)C1. The van der Waals surface area contributed by atoms with E-state index in [1.54, 1.807) is 39.5 Å². The summed E-state index contributed by atoms with van der Waals surface area (Å²) in [6, 6.07) is 5.25. The molecule has 3 rings (SSSR count). The van der Waals surface area contributed by atoms with Crippen molar-refractivity contribution in [3.63, 3.8) is 0 Å². The molecule has 1 aromatic carbocycles. The topological polar surface area (TPSA) is 68.3 Å². The number of benzene rings is 1. The van der Waals surface area contributed by atoms with Crippen LogP contribution in [0.1, 0.15) is 29.6 Å². The molecule has 1 unspecified atom stereocenters. The van der Waals surface area contributed by atoms with Crippen LogP contribution >= 0.6 is 0 Å². The second kappa shape index (κ2) is 9.28. The molecule has 2 aliphatic heterocycles. The molecule has 0 bridgehead atoms. The minimum atomic E-state index is -0.00643. The van der Waals surface area contributed by atoms with Gasteiger partial charge >= 0.3 is 0 Å². The molecule has 2 aliphatic rings. The molecular weight excluding hydrogens is 360 g/mol. The Morgan fingerprint density at radius 2 is 1.68 bits per heavy atom. The van der Waals surface area contributed by atoms with E-state index in [0.29, 0.717) is 55.0 Å². The number of nitrogens with zero attached hydrogens (tertiary/aromatic N) is 2. The van der Waals surface area contributed by atoms with Gasteiger partial charge in [0.25, 0.3) is 5.91 Å². The minimum Gasteiger partial charge on any atom is -0.497 e. The third kappa shape index (κ3) is 4.76. The number of amides is 2. The second-order valence-electron chi connectivity index (χ2n) is 7.66. The van der Waals surface area contributed by atoms with Gasteiger partial charge in [0.05, 0.1) is 20.8 Å². The van der Waals surface area contributed by atoms with Gasteiger partial charge in [-0.25, -0.2) is 0 Å². The highest BCUT2D eigenvalue weighted by atomic mass is 16.5. The lowest BCUT2D eigenvalue weighted by molar-refractivity contribution is -0.128. The number of carbonyl (C=O) groups excluding carboxylic acids is 2. The first-order valence-electron chi connectivity index (χ1n) is 9.83. The Bertz CT molecular complexity index is 678. The maximum atomic E-state index is 12.9. The van der Waals surface area contributed by atoms with E-state index in [9.17, 15) is 9.59 Å². The molecule has 0 spiro atoms. The third-order valence-corrected chi connectivity index (χ3v) is 5.68. The Morgan fingerprint density at radius 3 is 2.25 bits per heavy atom. The van der Waals surface area contributed by atoms with Crippen LogP contribution in [0.3, 0.4) is 0 Å². The third-order valence-electron chi connectivity index (χ3n) is 5.68. The lowest BCUT2D eigenvalue weighted by atomic mass is 9.95. The lowest BCUT2D eigenvalue weighted by Crippen LogP contribution is -2.42. The number of carbonyl (C=O) groups is 2. The van der Waals surface area contributed by atoms with E-state index in [1.807, 2.05) is 9.80 Å². The summed E-state index contributed by atoms with van der Waals surface area (Å²) >= 11 is 0. The van der Waals surface area contributed by atoms with Gasteiger partial charge in [-0.3, -0.25) is 9.59 Å². The zero-order valence-electron chi connectivity index (χ0n) is 17.0. The number of likely N-dealkylation sites (tertiary alicyclic amines) is 2. The van der Waals surface area contributed by atoms with Gasteiger partial charge in [-0.2, -0.15) is 0 Å². The summed E-state index contributed by atoms with van der Waals surface area (Å²) in [5.41, 5.74) is 0.576. The average Bonchev–Trinajstić information content (AvgIpc) is 3.06. The van der Waals surface area contributed by atoms with E-state index in [1.165, 1.54) is 0 Å². The summed E-state index contributed by atoms with van der Waals surface area (Å²) in [7, 11) is 4.83. The molecule has 0 saturated carbocycles. The fourth-order valence-corrected chi connectivity index (χ4v) is 4.12. The number of rotatable bonds is 7. The molecule has 0 aromatic heterocycles. The second-order valence-corrected chi connectivity index (χ2v) is 7.66. The molecular formula is C21H30N2O5. The average molecular weight is 390 g/mol. The summed E-state index contributed by atoms with van der Waals surface area (Å²) in [6.07, 6.45) is 2.40. The van der Waals surface area contributed by atoms with Crippen molar-refractivity contribution >= 4 is 11.8 Å². The van der Waals surface area contributed by atoms with Crippen molar-refractivity contribution in [2.45, 2.75) is 19.3 Å². The number of ether oxygens (including phenoxy) is 3. The molecule has 0 radical (unpaired) electrons. The molecule has 2 amide bonds. The lowest BCUT2D eigenvalue weighted by Gasteiger charge is -2.34. The van der Waals surface area contributed by atoms with Gasteiger partial charge in [-0.15, -0.1) is 0 Å². The van der Waals surface area contributed by atoms with Gasteiger partial charge in [0.1, 0.15) is 11.5 Å². The van der Waals surface area contributed by atoms with Crippen molar-refractivity contribution in [2.75, 3.05) is 54.1 Å². The van der Waals surface area contributed by atoms with Crippen LogP contribution in [0.25, 0.3) is 0 Å². The summed E-state index contributed by atoms with van der Waals surface area (Å²) in [5, 5.41) is 0. The van der Waals surface area contributed by atoms with Crippen LogP contribution in [-0.2, 0) is 9.53 Å². The first kappa shape index (κ1) is 20.5. The highest BCUT2D eigenvalue weighted by Crippen LogP contribution is 2.27. The Labute approximate surface area is 166 Å². The maximum Gasteiger partial charge on any atom is 0.254 e. The summed E-state index contributed by atoms with van der Waals surface area (Å²) < 4.78 is 15.7. The summed E-state index contributed by atoms with van der Waals surface area (Å²) in [5.74, 6) is 2.18. The van der Waals surface area contributed by atoms with Gasteiger partial charge in [-0.05, 0) is 30.9 Å². The Morgan fingerprint density at radius 1 is 1.04 bits per heavy atom. The molecule has 2 heterocycles. The Kier molecular flexibility index (Phi) is 6.78. The highest BCUT2D eigenvalue weighted by molar-refractivity contribution is 5.95. The number of piperidine rings is 1. The predicted octanol–water partition coefficient (Wildman–Crippen LogP) is 2.05. The van der Waals surface area contributed by atoms with Crippen LogP contribution in [0.5, 0.6) is 11.5 Å². The van der Waals surface area contributed by atoms with Gasteiger partial charge in [-0.1, -0.05) is 0 Å². The quantitative estimate of drug-likeness (QED) is 0.713. The van der Waals surface area contributed by atoms with E-state index in [4.69, 9.17) is 14.2 Å². The van der Waals surface area contributed by atoms with Gasteiger partial charge in [0, 0.05) is 57.3 Å². The first-order valence-corrected chi connectivity index (χ1v) is 9.83. The largest absolute Gasteiger partial charge is 0.497 e. The summed E-state index contributed by atoms with van der Waals surface area (Å²) in [6.45, 7) is 3.61. The van der Waals surface area contributed by atoms with Crippen LogP contribution in [0.15, 0.2) is 18.2 Å². The Balaban J connectivity index is 1.54. The number of hydrogen-bond acceptors (Lipinski definition) is 5. The van der Waals surface area contributed by atoms with Gasteiger partial charge in [0.15, 0.2) is 0 Å². The first-order chi connectivity index (χ1) is 13.5. The number of methoxy groups -OCH3 is 3. The van der Waals surface area contributed by atoms with Crippen molar-refractivity contribution in [1.82, 2.24) is 9.80 Å². The molecule has 28 heavy (non-hydrogen) atoms. The Hall–Kier alpha value is -2.28. The molecule has 0 aliphatic carbocycles. The van der Waals surface area contributed by atoms with Crippen LogP contribution < -0.4 is 9.47 Å². The molecule has 154 valence electrons. The van der Waals surface area contributed by atoms with Crippen molar-refractivity contribution in [3.8, 4) is 11.5 Å². The van der Waals surface area contributed by atoms with Crippen LogP contribution in [0.4, 0.5) is 0 Å². The fourth-order valence-electron chi connectivity index (χ4n) is 4.12. The van der Waals surface area contributed by atoms with Gasteiger partial charge in [0.2, 0.25) is 5.91 Å². The molecule has 2 fully saturated rings. The highest BCUT2D eigenvalue weighted by Gasteiger charge is 2.32. The zero-order valence-corrected chi connectivity index (χ0v) is 17.0. The molecule has 1 aromatic rings. The van der Waals surface area contributed by atoms with Crippen molar-refractivity contribution < 1.29 is 23.8 Å². The van der Waals surface area contributed by atoms with E-state index in [0.717, 1.165) is 25.9 Å². The molecule has 7 nitrogen and oxygen atoms in total. The van der Waals surface area contributed by atoms with Crippen molar-refractivity contribution in [2.24, 2.45) is 11.8 Å². The minimum absolute atomic E-state index is 0.00643. The molecule has 0 N–H and O–H groups in total. The van der Waals surface area contributed by atoms with Crippen LogP contribution in [-0.4, -0.2) is 75.7 Å². The van der Waals surface area contributed by atoms with E-state index < -0.39 is 0 Å². The molecule has 7 heteroatoms. The van der Waals surface area contributed by atoms with Crippen molar-refractivity contribution in [3.05, 3.63) is 23.8 Å². The predicted molar refractivity (Wildman–Crippen MR) is 105 cm³/mol. The van der Waals surface area contributed by atoms with Gasteiger partial charge < -0.3 is 24.0 Å². The van der Waals surface area contributed by atoms with Crippen molar-refractivity contribution in [1.29, 1.82) is 0 Å².